The second-order valence-corrected chi connectivity index (χ2v) is 12.0. The van der Waals surface area contributed by atoms with Crippen molar-refractivity contribution in [3.8, 4) is 34.2 Å². The van der Waals surface area contributed by atoms with Crippen molar-refractivity contribution in [2.45, 2.75) is 0 Å². The van der Waals surface area contributed by atoms with Gasteiger partial charge in [-0.15, -0.1) is 0 Å². The monoisotopic (exact) mass is 599 g/mol. The maximum Gasteiger partial charge on any atom is 0.164 e. The van der Waals surface area contributed by atoms with Gasteiger partial charge in [0.1, 0.15) is 11.2 Å². The third-order valence-electron chi connectivity index (χ3n) is 9.29. The van der Waals surface area contributed by atoms with E-state index in [1.54, 1.807) is 0 Å². The molecule has 2 heterocycles. The van der Waals surface area contributed by atoms with E-state index in [0.29, 0.717) is 17.5 Å². The van der Waals surface area contributed by atoms with E-state index < -0.39 is 0 Å². The summed E-state index contributed by atoms with van der Waals surface area (Å²) >= 11 is 0. The molecule has 2 aromatic heterocycles. The van der Waals surface area contributed by atoms with Crippen molar-refractivity contribution in [3.05, 3.63) is 152 Å². The van der Waals surface area contributed by atoms with E-state index in [4.69, 9.17) is 19.4 Å². The van der Waals surface area contributed by atoms with E-state index in [2.05, 4.69) is 109 Å². The quantitative estimate of drug-likeness (QED) is 0.190. The normalized spacial score (nSPS) is 11.8. The zero-order valence-corrected chi connectivity index (χ0v) is 25.2. The third-order valence-corrected chi connectivity index (χ3v) is 9.29. The van der Waals surface area contributed by atoms with E-state index in [1.807, 2.05) is 42.5 Å². The van der Waals surface area contributed by atoms with E-state index in [0.717, 1.165) is 54.8 Å². The second kappa shape index (κ2) is 10.1. The highest BCUT2D eigenvalue weighted by Crippen LogP contribution is 2.37. The summed E-state index contributed by atoms with van der Waals surface area (Å²) in [5.41, 5.74) is 4.57. The minimum atomic E-state index is 0.630. The standard InChI is InChI=1S/C43H25N3O/c1-2-9-28(10-3-1)41-44-42(30-18-20-33-29(24-30)17-22-34-32-11-5-4-8-26(32)16-21-35(33)34)46-43(45-41)31-15-14-27-19-23-39-40(37(27)25-31)36-12-6-7-13-38(36)47-39/h1-25H. The summed E-state index contributed by atoms with van der Waals surface area (Å²) in [7, 11) is 0. The molecule has 0 spiro atoms. The topological polar surface area (TPSA) is 51.8 Å². The molecule has 0 saturated heterocycles. The Labute approximate surface area is 269 Å². The number of hydrogen-bond acceptors (Lipinski definition) is 4. The zero-order valence-electron chi connectivity index (χ0n) is 25.2. The van der Waals surface area contributed by atoms with Gasteiger partial charge in [-0.05, 0) is 67.4 Å². The molecule has 0 unspecified atom stereocenters. The molecule has 0 N–H and O–H groups in total. The van der Waals surface area contributed by atoms with Gasteiger partial charge in [0.2, 0.25) is 0 Å². The molecular formula is C43H25N3O. The van der Waals surface area contributed by atoms with Crippen LogP contribution in [0.1, 0.15) is 0 Å². The van der Waals surface area contributed by atoms with Crippen LogP contribution < -0.4 is 0 Å². The predicted molar refractivity (Wildman–Crippen MR) is 193 cm³/mol. The number of hydrogen-bond donors (Lipinski definition) is 0. The maximum atomic E-state index is 6.20. The van der Waals surface area contributed by atoms with Crippen molar-refractivity contribution in [1.82, 2.24) is 15.0 Å². The van der Waals surface area contributed by atoms with E-state index in [9.17, 15) is 0 Å². The van der Waals surface area contributed by atoms with E-state index >= 15 is 0 Å². The smallest absolute Gasteiger partial charge is 0.164 e. The highest BCUT2D eigenvalue weighted by Gasteiger charge is 2.16. The molecule has 0 aliphatic carbocycles. The molecule has 4 heteroatoms. The lowest BCUT2D eigenvalue weighted by Gasteiger charge is -2.11. The molecule has 10 aromatic rings. The molecule has 8 aromatic carbocycles. The van der Waals surface area contributed by atoms with Crippen molar-refractivity contribution in [2.24, 2.45) is 0 Å². The van der Waals surface area contributed by atoms with Gasteiger partial charge in [-0.25, -0.2) is 15.0 Å². The molecule has 0 aliphatic heterocycles. The predicted octanol–water partition coefficient (Wildman–Crippen LogP) is 11.4. The van der Waals surface area contributed by atoms with Gasteiger partial charge in [0.15, 0.2) is 17.5 Å². The fraction of sp³-hybridized carbons (Fsp3) is 0. The lowest BCUT2D eigenvalue weighted by Crippen LogP contribution is -2.00. The molecule has 0 atom stereocenters. The zero-order chi connectivity index (χ0) is 30.9. The van der Waals surface area contributed by atoms with Crippen molar-refractivity contribution < 1.29 is 4.42 Å². The summed E-state index contributed by atoms with van der Waals surface area (Å²) < 4.78 is 6.20. The van der Waals surface area contributed by atoms with Crippen LogP contribution in [0.15, 0.2) is 156 Å². The second-order valence-electron chi connectivity index (χ2n) is 12.0. The fourth-order valence-electron chi connectivity index (χ4n) is 7.00. The summed E-state index contributed by atoms with van der Waals surface area (Å²) in [4.78, 5) is 15.1. The van der Waals surface area contributed by atoms with Gasteiger partial charge < -0.3 is 4.42 Å². The summed E-state index contributed by atoms with van der Waals surface area (Å²) in [6, 6.07) is 52.9. The molecule has 10 rings (SSSR count). The van der Waals surface area contributed by atoms with E-state index in [1.165, 1.54) is 26.9 Å². The Morgan fingerprint density at radius 3 is 1.70 bits per heavy atom. The Kier molecular flexibility index (Phi) is 5.54. The van der Waals surface area contributed by atoms with Crippen LogP contribution in [0, 0.1) is 0 Å². The van der Waals surface area contributed by atoms with E-state index in [-0.39, 0.29) is 0 Å². The molecular weight excluding hydrogens is 574 g/mol. The van der Waals surface area contributed by atoms with Crippen LogP contribution in [-0.4, -0.2) is 15.0 Å². The first-order chi connectivity index (χ1) is 23.3. The Morgan fingerprint density at radius 2 is 0.872 bits per heavy atom. The van der Waals surface area contributed by atoms with Crippen LogP contribution >= 0.6 is 0 Å². The molecule has 0 amide bonds. The highest BCUT2D eigenvalue weighted by molar-refractivity contribution is 6.19. The average molecular weight is 600 g/mol. The van der Waals surface area contributed by atoms with Crippen molar-refractivity contribution in [3.63, 3.8) is 0 Å². The minimum absolute atomic E-state index is 0.630. The molecule has 0 radical (unpaired) electrons. The van der Waals surface area contributed by atoms with Crippen LogP contribution in [0.25, 0.3) is 99.2 Å². The molecule has 0 fully saturated rings. The van der Waals surface area contributed by atoms with Crippen LogP contribution in [-0.2, 0) is 0 Å². The Hall–Kier alpha value is -6.39. The van der Waals surface area contributed by atoms with Crippen molar-refractivity contribution >= 4 is 65.0 Å². The number of nitrogens with zero attached hydrogens (tertiary/aromatic N) is 3. The first-order valence-electron chi connectivity index (χ1n) is 15.8. The summed E-state index contributed by atoms with van der Waals surface area (Å²) in [5, 5.41) is 11.8. The van der Waals surface area contributed by atoms with Crippen LogP contribution in [0.2, 0.25) is 0 Å². The Bertz CT molecular complexity index is 2850. The molecule has 0 saturated carbocycles. The number of furan rings is 1. The summed E-state index contributed by atoms with van der Waals surface area (Å²) in [6.45, 7) is 0. The van der Waals surface area contributed by atoms with Gasteiger partial charge >= 0.3 is 0 Å². The Morgan fingerprint density at radius 1 is 0.319 bits per heavy atom. The Balaban J connectivity index is 1.17. The molecule has 47 heavy (non-hydrogen) atoms. The lowest BCUT2D eigenvalue weighted by atomic mass is 9.96. The minimum Gasteiger partial charge on any atom is -0.456 e. The van der Waals surface area contributed by atoms with Gasteiger partial charge in [-0.3, -0.25) is 0 Å². The van der Waals surface area contributed by atoms with Gasteiger partial charge in [0.25, 0.3) is 0 Å². The first kappa shape index (κ1) is 25.9. The van der Waals surface area contributed by atoms with Gasteiger partial charge in [-0.2, -0.15) is 0 Å². The van der Waals surface area contributed by atoms with Crippen LogP contribution in [0.4, 0.5) is 0 Å². The molecule has 0 bridgehead atoms. The molecule has 218 valence electrons. The maximum absolute atomic E-state index is 6.20. The van der Waals surface area contributed by atoms with Crippen LogP contribution in [0.3, 0.4) is 0 Å². The number of aromatic nitrogens is 3. The average Bonchev–Trinajstić information content (AvgIpc) is 3.53. The third kappa shape index (κ3) is 4.12. The SMILES string of the molecule is c1ccc(-c2nc(-c3ccc4c(ccc5c6ccccc6ccc45)c3)nc(-c3ccc4ccc5oc6ccccc6c5c4c3)n2)cc1. The molecule has 0 aliphatic rings. The number of para-hydroxylation sites is 1. The van der Waals surface area contributed by atoms with Gasteiger partial charge in [-0.1, -0.05) is 127 Å². The first-order valence-corrected chi connectivity index (χ1v) is 15.8. The molecule has 4 nitrogen and oxygen atoms in total. The summed E-state index contributed by atoms with van der Waals surface area (Å²) in [6.07, 6.45) is 0. The number of rotatable bonds is 3. The van der Waals surface area contributed by atoms with Gasteiger partial charge in [0, 0.05) is 27.5 Å². The highest BCUT2D eigenvalue weighted by atomic mass is 16.3. The van der Waals surface area contributed by atoms with Gasteiger partial charge in [0.05, 0.1) is 0 Å². The van der Waals surface area contributed by atoms with Crippen molar-refractivity contribution in [1.29, 1.82) is 0 Å². The lowest BCUT2D eigenvalue weighted by molar-refractivity contribution is 0.669. The van der Waals surface area contributed by atoms with Crippen LogP contribution in [0.5, 0.6) is 0 Å². The fourth-order valence-corrected chi connectivity index (χ4v) is 7.00. The summed E-state index contributed by atoms with van der Waals surface area (Å²) in [5.74, 6) is 1.91. The largest absolute Gasteiger partial charge is 0.456 e. The number of benzene rings is 8. The van der Waals surface area contributed by atoms with Crippen molar-refractivity contribution in [2.75, 3.05) is 0 Å². The number of fused-ring (bicyclic) bond motifs is 10.